The topological polar surface area (TPSA) is 146 Å². The maximum atomic E-state index is 12.6. The Morgan fingerprint density at radius 1 is 1.32 bits per heavy atom. The Bertz CT molecular complexity index is 1200. The Morgan fingerprint density at radius 2 is 2.12 bits per heavy atom. The molecular formula is C23H28N6O4S. The second-order valence-electron chi connectivity index (χ2n) is 7.33. The van der Waals surface area contributed by atoms with Crippen molar-refractivity contribution in [3.63, 3.8) is 0 Å². The van der Waals surface area contributed by atoms with E-state index in [1.807, 2.05) is 17.9 Å². The first kappa shape index (κ1) is 25.1. The molecule has 34 heavy (non-hydrogen) atoms. The molecule has 0 saturated carbocycles. The fourth-order valence-electron chi connectivity index (χ4n) is 3.31. The first-order valence-corrected chi connectivity index (χ1v) is 11.4. The van der Waals surface area contributed by atoms with E-state index in [0.717, 1.165) is 17.9 Å². The van der Waals surface area contributed by atoms with Gasteiger partial charge in [-0.05, 0) is 18.7 Å². The molecular weight excluding hydrogens is 456 g/mol. The molecule has 5 N–H and O–H groups in total. The van der Waals surface area contributed by atoms with Gasteiger partial charge in [-0.25, -0.2) is 0 Å². The normalized spacial score (nSPS) is 11.0. The van der Waals surface area contributed by atoms with E-state index in [2.05, 4.69) is 21.9 Å². The van der Waals surface area contributed by atoms with Crippen LogP contribution in [0, 0.1) is 0 Å². The lowest BCUT2D eigenvalue weighted by Crippen LogP contribution is -2.35. The molecule has 1 aromatic carbocycles. The van der Waals surface area contributed by atoms with Crippen LogP contribution in [0.25, 0.3) is 21.5 Å². The number of thiophene rings is 1. The van der Waals surface area contributed by atoms with Crippen LogP contribution in [0.15, 0.2) is 36.9 Å². The predicted octanol–water partition coefficient (Wildman–Crippen LogP) is 2.51. The van der Waals surface area contributed by atoms with E-state index in [4.69, 9.17) is 20.9 Å². The summed E-state index contributed by atoms with van der Waals surface area (Å²) in [6.45, 7) is 8.00. The van der Waals surface area contributed by atoms with Crippen LogP contribution in [-0.4, -0.2) is 66.6 Å². The van der Waals surface area contributed by atoms with Crippen LogP contribution in [0.5, 0.6) is 6.01 Å². The molecule has 3 aromatic rings. The van der Waals surface area contributed by atoms with Crippen molar-refractivity contribution in [2.24, 2.45) is 5.73 Å². The molecule has 0 bridgehead atoms. The van der Waals surface area contributed by atoms with Gasteiger partial charge in [-0.1, -0.05) is 31.7 Å². The van der Waals surface area contributed by atoms with Crippen molar-refractivity contribution in [1.29, 1.82) is 0 Å². The zero-order chi connectivity index (χ0) is 24.7. The smallest absolute Gasteiger partial charge is 0.318 e. The summed E-state index contributed by atoms with van der Waals surface area (Å²) in [4.78, 5) is 36.0. The van der Waals surface area contributed by atoms with E-state index in [1.165, 1.54) is 0 Å². The molecule has 0 radical (unpaired) electrons. The number of anilines is 2. The minimum atomic E-state index is -0.644. The number of rotatable bonds is 12. The second kappa shape index (κ2) is 11.5. The number of benzene rings is 1. The van der Waals surface area contributed by atoms with Crippen molar-refractivity contribution < 1.29 is 19.1 Å². The summed E-state index contributed by atoms with van der Waals surface area (Å²) in [5.74, 6) is -0.793. The van der Waals surface area contributed by atoms with Crippen LogP contribution < -0.4 is 21.5 Å². The molecule has 2 amide bonds. The number of hydrogen-bond acceptors (Lipinski definition) is 9. The summed E-state index contributed by atoms with van der Waals surface area (Å²) >= 11 is 1.08. The van der Waals surface area contributed by atoms with E-state index in [1.54, 1.807) is 31.4 Å². The van der Waals surface area contributed by atoms with Gasteiger partial charge in [0.2, 0.25) is 5.91 Å². The van der Waals surface area contributed by atoms with Crippen LogP contribution in [0.1, 0.15) is 16.6 Å². The van der Waals surface area contributed by atoms with Crippen LogP contribution in [0.4, 0.5) is 11.4 Å². The van der Waals surface area contributed by atoms with Gasteiger partial charge >= 0.3 is 6.01 Å². The number of hydrogen-bond donors (Lipinski definition) is 3. The van der Waals surface area contributed by atoms with Gasteiger partial charge in [0.25, 0.3) is 5.91 Å². The summed E-state index contributed by atoms with van der Waals surface area (Å²) in [6, 6.07) is 7.30. The van der Waals surface area contributed by atoms with Crippen LogP contribution in [0.3, 0.4) is 0 Å². The second-order valence-corrected chi connectivity index (χ2v) is 8.33. The molecule has 0 aliphatic rings. The van der Waals surface area contributed by atoms with E-state index in [-0.39, 0.29) is 35.6 Å². The molecule has 0 unspecified atom stereocenters. The molecule has 0 atom stereocenters. The van der Waals surface area contributed by atoms with Crippen LogP contribution >= 0.6 is 11.3 Å². The Kier molecular flexibility index (Phi) is 8.52. The summed E-state index contributed by atoms with van der Waals surface area (Å²) in [6.07, 6.45) is 1.58. The van der Waals surface area contributed by atoms with Crippen molar-refractivity contribution in [2.75, 3.05) is 51.0 Å². The highest BCUT2D eigenvalue weighted by atomic mass is 32.1. The first-order chi connectivity index (χ1) is 16.4. The lowest BCUT2D eigenvalue weighted by Gasteiger charge is -2.19. The van der Waals surface area contributed by atoms with E-state index in [0.29, 0.717) is 40.3 Å². The fourth-order valence-corrected chi connectivity index (χ4v) is 4.25. The van der Waals surface area contributed by atoms with Crippen LogP contribution in [0.2, 0.25) is 0 Å². The average Bonchev–Trinajstić information content (AvgIpc) is 3.16. The molecule has 0 aliphatic carbocycles. The predicted molar refractivity (Wildman–Crippen MR) is 134 cm³/mol. The third-order valence-electron chi connectivity index (χ3n) is 4.97. The number of methoxy groups -OCH3 is 1. The van der Waals surface area contributed by atoms with Crippen molar-refractivity contribution in [3.8, 4) is 17.3 Å². The zero-order valence-corrected chi connectivity index (χ0v) is 20.0. The van der Waals surface area contributed by atoms with Gasteiger partial charge in [-0.3, -0.25) is 14.5 Å². The highest BCUT2D eigenvalue weighted by Gasteiger charge is 2.21. The maximum absolute atomic E-state index is 12.6. The minimum absolute atomic E-state index is 0.117. The molecule has 10 nitrogen and oxygen atoms in total. The van der Waals surface area contributed by atoms with Crippen molar-refractivity contribution in [1.82, 2.24) is 14.9 Å². The number of aromatic nitrogens is 2. The first-order valence-electron chi connectivity index (χ1n) is 10.6. The van der Waals surface area contributed by atoms with Gasteiger partial charge in [0, 0.05) is 24.9 Å². The molecule has 2 aromatic heterocycles. The maximum Gasteiger partial charge on any atom is 0.318 e. The monoisotopic (exact) mass is 484 g/mol. The van der Waals surface area contributed by atoms with E-state index >= 15 is 0 Å². The average molecular weight is 485 g/mol. The van der Waals surface area contributed by atoms with Gasteiger partial charge in [0.05, 0.1) is 29.9 Å². The number of carbonyl (C=O) groups excluding carboxylic acids is 2. The third-order valence-corrected chi connectivity index (χ3v) is 6.08. The number of fused-ring (bicyclic) bond motifs is 1. The van der Waals surface area contributed by atoms with Gasteiger partial charge in [0.15, 0.2) is 0 Å². The summed E-state index contributed by atoms with van der Waals surface area (Å²) in [7, 11) is 1.63. The standard InChI is InChI=1S/C23H28N6O4S/c1-4-10-33-23-27-19(17-18(24)20(21(25)31)34-22(17)28-23)14-7-6-8-15(12-14)26-16(30)13-29(5-2)9-11-32-3/h4,6-8,12H,1,5,9-11,13,24H2,2-3H3,(H2,25,31)(H,26,30). The number of nitrogens with two attached hydrogens (primary N) is 2. The van der Waals surface area contributed by atoms with Gasteiger partial charge in [-0.15, -0.1) is 11.3 Å². The Hall–Kier alpha value is -3.54. The lowest BCUT2D eigenvalue weighted by molar-refractivity contribution is -0.117. The quantitative estimate of drug-likeness (QED) is 0.332. The highest BCUT2D eigenvalue weighted by Crippen LogP contribution is 2.39. The number of nitrogen functional groups attached to an aromatic ring is 1. The SMILES string of the molecule is C=CCOc1nc(-c2cccc(NC(=O)CN(CC)CCOC)c2)c2c(N)c(C(N)=O)sc2n1. The number of amides is 2. The molecule has 3 rings (SSSR count). The zero-order valence-electron chi connectivity index (χ0n) is 19.2. The van der Waals surface area contributed by atoms with Gasteiger partial charge in [-0.2, -0.15) is 9.97 Å². The molecule has 11 heteroatoms. The fraction of sp³-hybridized carbons (Fsp3) is 0.304. The molecule has 0 saturated heterocycles. The Labute approximate surface area is 201 Å². The molecule has 0 spiro atoms. The van der Waals surface area contributed by atoms with Gasteiger partial charge < -0.3 is 26.3 Å². The Balaban J connectivity index is 1.96. The number of carbonyl (C=O) groups is 2. The number of nitrogens with zero attached hydrogens (tertiary/aromatic N) is 3. The summed E-state index contributed by atoms with van der Waals surface area (Å²) in [5, 5.41) is 3.42. The molecule has 180 valence electrons. The van der Waals surface area contributed by atoms with Crippen molar-refractivity contribution in [2.45, 2.75) is 6.92 Å². The number of ether oxygens (including phenoxy) is 2. The molecule has 0 fully saturated rings. The lowest BCUT2D eigenvalue weighted by atomic mass is 10.1. The van der Waals surface area contributed by atoms with E-state index < -0.39 is 5.91 Å². The van der Waals surface area contributed by atoms with Crippen LogP contribution in [-0.2, 0) is 9.53 Å². The summed E-state index contributed by atoms with van der Waals surface area (Å²) < 4.78 is 10.6. The number of nitrogens with one attached hydrogen (secondary N) is 1. The van der Waals surface area contributed by atoms with Crippen molar-refractivity contribution >= 4 is 44.7 Å². The molecule has 2 heterocycles. The summed E-state index contributed by atoms with van der Waals surface area (Å²) in [5.41, 5.74) is 13.7. The highest BCUT2D eigenvalue weighted by molar-refractivity contribution is 7.21. The number of likely N-dealkylation sites (N-methyl/N-ethyl adjacent to an activating group) is 1. The minimum Gasteiger partial charge on any atom is -0.459 e. The Morgan fingerprint density at radius 3 is 2.79 bits per heavy atom. The largest absolute Gasteiger partial charge is 0.459 e. The van der Waals surface area contributed by atoms with Gasteiger partial charge in [0.1, 0.15) is 16.3 Å². The number of primary amides is 1. The van der Waals surface area contributed by atoms with E-state index in [9.17, 15) is 9.59 Å². The van der Waals surface area contributed by atoms with Crippen molar-refractivity contribution in [3.05, 3.63) is 41.8 Å². The third kappa shape index (κ3) is 5.87. The molecule has 0 aliphatic heterocycles.